The number of hydrogen-bond donors (Lipinski definition) is 0. The lowest BCUT2D eigenvalue weighted by Crippen LogP contribution is -2.42. The van der Waals surface area contributed by atoms with E-state index in [9.17, 15) is 4.79 Å². The second-order valence-corrected chi connectivity index (χ2v) is 4.40. The molecule has 1 aromatic rings. The summed E-state index contributed by atoms with van der Waals surface area (Å²) < 4.78 is 5.66. The van der Waals surface area contributed by atoms with Gasteiger partial charge in [0, 0.05) is 25.4 Å². The van der Waals surface area contributed by atoms with Gasteiger partial charge in [0.1, 0.15) is 5.75 Å². The first-order valence-electron chi connectivity index (χ1n) is 5.85. The maximum absolute atomic E-state index is 12.2. The van der Waals surface area contributed by atoms with Crippen molar-refractivity contribution in [2.75, 3.05) is 19.0 Å². The fourth-order valence-electron chi connectivity index (χ4n) is 2.05. The Labute approximate surface area is 106 Å². The molecule has 0 aromatic heterocycles. The summed E-state index contributed by atoms with van der Waals surface area (Å²) in [5.41, 5.74) is 1.10. The quantitative estimate of drug-likeness (QED) is 0.769. The second-order valence-electron chi connectivity index (χ2n) is 4.03. The van der Waals surface area contributed by atoms with Crippen molar-refractivity contribution in [2.45, 2.75) is 19.4 Å². The predicted molar refractivity (Wildman–Crippen MR) is 67.5 cm³/mol. The normalized spacial score (nSPS) is 17.4. The van der Waals surface area contributed by atoms with Gasteiger partial charge in [0.2, 0.25) is 0 Å². The maximum atomic E-state index is 12.2. The summed E-state index contributed by atoms with van der Waals surface area (Å²) in [7, 11) is 0. The number of rotatable bonds is 4. The van der Waals surface area contributed by atoms with E-state index in [2.05, 4.69) is 0 Å². The van der Waals surface area contributed by atoms with Gasteiger partial charge < -0.3 is 9.64 Å². The van der Waals surface area contributed by atoms with Gasteiger partial charge in [-0.25, -0.2) is 0 Å². The van der Waals surface area contributed by atoms with Crippen molar-refractivity contribution in [1.82, 2.24) is 4.90 Å². The van der Waals surface area contributed by atoms with Gasteiger partial charge in [-0.3, -0.25) is 4.79 Å². The van der Waals surface area contributed by atoms with Gasteiger partial charge in [0.25, 0.3) is 5.91 Å². The van der Waals surface area contributed by atoms with Crippen molar-refractivity contribution in [3.63, 3.8) is 0 Å². The van der Waals surface area contributed by atoms with Crippen molar-refractivity contribution in [2.24, 2.45) is 0 Å². The molecule has 1 aromatic carbocycles. The van der Waals surface area contributed by atoms with Crippen LogP contribution in [0.25, 0.3) is 0 Å². The van der Waals surface area contributed by atoms with Gasteiger partial charge in [0.15, 0.2) is 6.10 Å². The molecule has 17 heavy (non-hydrogen) atoms. The summed E-state index contributed by atoms with van der Waals surface area (Å²) in [4.78, 5) is 13.9. The number of carbonyl (C=O) groups excluding carboxylic acids is 1. The first kappa shape index (κ1) is 12.2. The van der Waals surface area contributed by atoms with E-state index in [-0.39, 0.29) is 12.0 Å². The molecule has 92 valence electrons. The van der Waals surface area contributed by atoms with Crippen LogP contribution in [0.4, 0.5) is 0 Å². The Kier molecular flexibility index (Phi) is 3.89. The van der Waals surface area contributed by atoms with Gasteiger partial charge >= 0.3 is 0 Å². The zero-order chi connectivity index (χ0) is 12.3. The first-order chi connectivity index (χ1) is 8.26. The number of benzene rings is 1. The number of hydrogen-bond acceptors (Lipinski definition) is 2. The summed E-state index contributed by atoms with van der Waals surface area (Å²) >= 11 is 5.68. The van der Waals surface area contributed by atoms with Crippen molar-refractivity contribution in [3.8, 4) is 5.75 Å². The molecule has 0 saturated heterocycles. The number of nitrogens with zero attached hydrogens (tertiary/aromatic N) is 1. The zero-order valence-corrected chi connectivity index (χ0v) is 10.6. The Balaban J connectivity index is 2.04. The van der Waals surface area contributed by atoms with Crippen LogP contribution < -0.4 is 4.74 Å². The van der Waals surface area contributed by atoms with E-state index in [1.165, 1.54) is 0 Å². The molecule has 0 aliphatic carbocycles. The van der Waals surface area contributed by atoms with Crippen molar-refractivity contribution in [1.29, 1.82) is 0 Å². The maximum Gasteiger partial charge on any atom is 0.264 e. The van der Waals surface area contributed by atoms with E-state index >= 15 is 0 Å². The van der Waals surface area contributed by atoms with Gasteiger partial charge in [-0.2, -0.15) is 0 Å². The van der Waals surface area contributed by atoms with Gasteiger partial charge in [-0.15, -0.1) is 11.6 Å². The molecule has 0 saturated carbocycles. The van der Waals surface area contributed by atoms with Crippen LogP contribution in [0.2, 0.25) is 0 Å². The van der Waals surface area contributed by atoms with E-state index in [0.717, 1.165) is 11.3 Å². The molecule has 0 N–H and O–H groups in total. The molecule has 1 amide bonds. The molecule has 1 aliphatic rings. The zero-order valence-electron chi connectivity index (χ0n) is 9.86. The number of likely N-dealkylation sites (N-methyl/N-ethyl adjacent to an activating group) is 1. The van der Waals surface area contributed by atoms with Crippen LogP contribution in [-0.2, 0) is 11.2 Å². The Hall–Kier alpha value is -1.22. The summed E-state index contributed by atoms with van der Waals surface area (Å²) in [5.74, 6) is 1.32. The van der Waals surface area contributed by atoms with Crippen LogP contribution in [0.3, 0.4) is 0 Å². The third kappa shape index (κ3) is 2.55. The van der Waals surface area contributed by atoms with Crippen LogP contribution in [0.1, 0.15) is 12.5 Å². The number of ether oxygens (including phenoxy) is 1. The van der Waals surface area contributed by atoms with Crippen molar-refractivity contribution >= 4 is 17.5 Å². The number of carbonyl (C=O) groups is 1. The molecular formula is C13H16ClNO2. The smallest absolute Gasteiger partial charge is 0.264 e. The second kappa shape index (κ2) is 5.41. The van der Waals surface area contributed by atoms with E-state index < -0.39 is 0 Å². The standard InChI is InChI=1S/C13H16ClNO2/c1-2-15(8-7-14)13(16)12-9-10-5-3-4-6-11(10)17-12/h3-6,12H,2,7-9H2,1H3. The predicted octanol–water partition coefficient (Wildman–Crippen LogP) is 2.08. The monoisotopic (exact) mass is 253 g/mol. The molecule has 1 unspecified atom stereocenters. The molecule has 0 radical (unpaired) electrons. The fourth-order valence-corrected chi connectivity index (χ4v) is 2.25. The molecule has 0 spiro atoms. The number of fused-ring (bicyclic) bond motifs is 1. The molecule has 1 aliphatic heterocycles. The molecular weight excluding hydrogens is 238 g/mol. The summed E-state index contributed by atoms with van der Waals surface area (Å²) in [5, 5.41) is 0. The topological polar surface area (TPSA) is 29.5 Å². The van der Waals surface area contributed by atoms with Crippen LogP contribution in [0, 0.1) is 0 Å². The number of para-hydroxylation sites is 1. The average molecular weight is 254 g/mol. The summed E-state index contributed by atoms with van der Waals surface area (Å²) in [6.45, 7) is 3.20. The Bertz CT molecular complexity index is 383. The Morgan fingerprint density at radius 1 is 1.53 bits per heavy atom. The lowest BCUT2D eigenvalue weighted by atomic mass is 10.1. The van der Waals surface area contributed by atoms with E-state index in [1.54, 1.807) is 4.90 Å². The number of alkyl halides is 1. The number of halogens is 1. The van der Waals surface area contributed by atoms with Crippen molar-refractivity contribution < 1.29 is 9.53 Å². The van der Waals surface area contributed by atoms with Crippen LogP contribution in [0.5, 0.6) is 5.75 Å². The third-order valence-corrected chi connectivity index (χ3v) is 3.14. The molecule has 4 heteroatoms. The molecule has 1 heterocycles. The largest absolute Gasteiger partial charge is 0.480 e. The molecule has 3 nitrogen and oxygen atoms in total. The summed E-state index contributed by atoms with van der Waals surface area (Å²) in [6.07, 6.45) is 0.281. The van der Waals surface area contributed by atoms with Gasteiger partial charge in [-0.1, -0.05) is 18.2 Å². The Morgan fingerprint density at radius 3 is 2.94 bits per heavy atom. The van der Waals surface area contributed by atoms with Crippen LogP contribution in [-0.4, -0.2) is 35.9 Å². The lowest BCUT2D eigenvalue weighted by molar-refractivity contribution is -0.137. The van der Waals surface area contributed by atoms with Crippen LogP contribution in [0.15, 0.2) is 24.3 Å². The minimum Gasteiger partial charge on any atom is -0.480 e. The SMILES string of the molecule is CCN(CCCl)C(=O)C1Cc2ccccc2O1. The highest BCUT2D eigenvalue weighted by Crippen LogP contribution is 2.28. The van der Waals surface area contributed by atoms with E-state index in [0.29, 0.717) is 25.4 Å². The highest BCUT2D eigenvalue weighted by Gasteiger charge is 2.31. The Morgan fingerprint density at radius 2 is 2.29 bits per heavy atom. The number of amides is 1. The van der Waals surface area contributed by atoms with Gasteiger partial charge in [0.05, 0.1) is 0 Å². The minimum absolute atomic E-state index is 0.0318. The highest BCUT2D eigenvalue weighted by atomic mass is 35.5. The lowest BCUT2D eigenvalue weighted by Gasteiger charge is -2.22. The average Bonchev–Trinajstić information content (AvgIpc) is 2.78. The molecule has 0 bridgehead atoms. The minimum atomic E-state index is -0.379. The van der Waals surface area contributed by atoms with Crippen LogP contribution >= 0.6 is 11.6 Å². The first-order valence-corrected chi connectivity index (χ1v) is 6.39. The van der Waals surface area contributed by atoms with Gasteiger partial charge in [-0.05, 0) is 18.6 Å². The summed E-state index contributed by atoms with van der Waals surface area (Å²) in [6, 6.07) is 7.79. The van der Waals surface area contributed by atoms with E-state index in [4.69, 9.17) is 16.3 Å². The molecule has 1 atom stereocenters. The molecule has 0 fully saturated rings. The molecule has 2 rings (SSSR count). The fraction of sp³-hybridized carbons (Fsp3) is 0.462. The van der Waals surface area contributed by atoms with Crippen molar-refractivity contribution in [3.05, 3.63) is 29.8 Å². The third-order valence-electron chi connectivity index (χ3n) is 2.97. The highest BCUT2D eigenvalue weighted by molar-refractivity contribution is 6.18. The van der Waals surface area contributed by atoms with E-state index in [1.807, 2.05) is 31.2 Å².